The van der Waals surface area contributed by atoms with Gasteiger partial charge in [0.2, 0.25) is 5.91 Å². The van der Waals surface area contributed by atoms with E-state index in [-0.39, 0.29) is 29.8 Å². The van der Waals surface area contributed by atoms with Crippen molar-refractivity contribution in [3.05, 3.63) is 83.3 Å². The molecule has 0 spiro atoms. The minimum absolute atomic E-state index is 0.0175. The summed E-state index contributed by atoms with van der Waals surface area (Å²) in [5.41, 5.74) is 1.54. The molecule has 0 bridgehead atoms. The van der Waals surface area contributed by atoms with Gasteiger partial charge in [-0.2, -0.15) is 0 Å². The number of ether oxygens (including phenoxy) is 3. The standard InChI is InChI=1S/C32H32ClFN4O5S/c1-41-29-16-23-26(17-30(29)42-19-22(39)18-38-12-4-5-13-38)35-11-10-27(23)43-28-9-8-21(15-25(28)34)36-32(44)37-31(40)14-20-6-2-3-7-24(20)33/h2-3,6-11,15-17,22,39H,4-5,12-14,18-19H2,1H3,(H2,36,37,40,44). The fourth-order valence-corrected chi connectivity index (χ4v) is 5.35. The van der Waals surface area contributed by atoms with E-state index in [2.05, 4.69) is 20.5 Å². The summed E-state index contributed by atoms with van der Waals surface area (Å²) in [6, 6.07) is 16.3. The average Bonchev–Trinajstić information content (AvgIpc) is 3.51. The van der Waals surface area contributed by atoms with Gasteiger partial charge in [-0.1, -0.05) is 29.8 Å². The lowest BCUT2D eigenvalue weighted by Crippen LogP contribution is -2.35. The van der Waals surface area contributed by atoms with Gasteiger partial charge in [-0.3, -0.25) is 9.78 Å². The summed E-state index contributed by atoms with van der Waals surface area (Å²) < 4.78 is 32.5. The number of carbonyl (C=O) groups is 1. The van der Waals surface area contributed by atoms with Crippen LogP contribution in [-0.4, -0.2) is 65.5 Å². The molecule has 5 rings (SSSR count). The molecule has 1 unspecified atom stereocenters. The molecule has 3 N–H and O–H groups in total. The highest BCUT2D eigenvalue weighted by Crippen LogP contribution is 2.38. The van der Waals surface area contributed by atoms with Crippen LogP contribution >= 0.6 is 23.8 Å². The van der Waals surface area contributed by atoms with Crippen molar-refractivity contribution >= 4 is 51.4 Å². The quantitative estimate of drug-likeness (QED) is 0.178. The van der Waals surface area contributed by atoms with E-state index in [4.69, 9.17) is 38.0 Å². The van der Waals surface area contributed by atoms with E-state index < -0.39 is 11.9 Å². The zero-order chi connectivity index (χ0) is 31.1. The van der Waals surface area contributed by atoms with Crippen molar-refractivity contribution in [1.82, 2.24) is 15.2 Å². The first-order chi connectivity index (χ1) is 21.3. The SMILES string of the molecule is COc1cc2c(Oc3ccc(NC(=S)NC(=O)Cc4ccccc4Cl)cc3F)ccnc2cc1OCC(O)CN1CCCC1. The molecule has 1 fully saturated rings. The van der Waals surface area contributed by atoms with Crippen molar-refractivity contribution in [1.29, 1.82) is 0 Å². The maximum absolute atomic E-state index is 15.1. The first-order valence-corrected chi connectivity index (χ1v) is 14.9. The van der Waals surface area contributed by atoms with E-state index in [1.54, 1.807) is 54.7 Å². The number of thiocarbonyl (C=S) groups is 1. The molecule has 1 aromatic heterocycles. The normalized spacial score (nSPS) is 13.8. The Morgan fingerprint density at radius 2 is 1.89 bits per heavy atom. The highest BCUT2D eigenvalue weighted by Gasteiger charge is 2.18. The number of benzene rings is 3. The number of β-amino-alcohol motifs (C(OH)–C–C–N with tert-alkyl or cyclic N) is 1. The number of amides is 1. The van der Waals surface area contributed by atoms with Crippen molar-refractivity contribution in [2.75, 3.05) is 38.7 Å². The number of fused-ring (bicyclic) bond motifs is 1. The molecule has 44 heavy (non-hydrogen) atoms. The van der Waals surface area contributed by atoms with Crippen molar-refractivity contribution in [3.63, 3.8) is 0 Å². The van der Waals surface area contributed by atoms with Crippen molar-refractivity contribution in [3.8, 4) is 23.0 Å². The van der Waals surface area contributed by atoms with Crippen LogP contribution in [0.4, 0.5) is 10.1 Å². The molecule has 1 amide bonds. The van der Waals surface area contributed by atoms with Gasteiger partial charge in [0.25, 0.3) is 0 Å². The number of nitrogens with zero attached hydrogens (tertiary/aromatic N) is 2. The van der Waals surface area contributed by atoms with Crippen LogP contribution in [0.2, 0.25) is 5.02 Å². The van der Waals surface area contributed by atoms with Crippen molar-refractivity contribution in [2.24, 2.45) is 0 Å². The lowest BCUT2D eigenvalue weighted by molar-refractivity contribution is -0.119. The Labute approximate surface area is 264 Å². The molecule has 0 saturated carbocycles. The summed E-state index contributed by atoms with van der Waals surface area (Å²) in [7, 11) is 1.51. The Bertz CT molecular complexity index is 1650. The number of methoxy groups -OCH3 is 1. The lowest BCUT2D eigenvalue weighted by atomic mass is 10.1. The molecular weight excluding hydrogens is 607 g/mol. The van der Waals surface area contributed by atoms with Crippen LogP contribution in [0.5, 0.6) is 23.0 Å². The first kappa shape index (κ1) is 31.4. The van der Waals surface area contributed by atoms with Crippen LogP contribution in [0.1, 0.15) is 18.4 Å². The van der Waals surface area contributed by atoms with Gasteiger partial charge < -0.3 is 34.9 Å². The third-order valence-corrected chi connectivity index (χ3v) is 7.63. The number of anilines is 1. The zero-order valence-electron chi connectivity index (χ0n) is 24.0. The topological polar surface area (TPSA) is 105 Å². The Hall–Kier alpha value is -4.03. The van der Waals surface area contributed by atoms with E-state index >= 15 is 4.39 Å². The van der Waals surface area contributed by atoms with E-state index in [1.165, 1.54) is 19.2 Å². The Morgan fingerprint density at radius 1 is 1.09 bits per heavy atom. The molecule has 1 aliphatic heterocycles. The first-order valence-electron chi connectivity index (χ1n) is 14.1. The molecule has 1 atom stereocenters. The molecule has 1 aliphatic rings. The highest BCUT2D eigenvalue weighted by molar-refractivity contribution is 7.80. The van der Waals surface area contributed by atoms with E-state index in [1.807, 2.05) is 0 Å². The number of pyridine rings is 1. The molecule has 1 saturated heterocycles. The maximum Gasteiger partial charge on any atom is 0.230 e. The summed E-state index contributed by atoms with van der Waals surface area (Å²) in [5, 5.41) is 16.9. The summed E-state index contributed by atoms with van der Waals surface area (Å²) in [6.07, 6.45) is 3.24. The molecule has 0 aliphatic carbocycles. The van der Waals surface area contributed by atoms with E-state index in [0.717, 1.165) is 25.9 Å². The summed E-state index contributed by atoms with van der Waals surface area (Å²) >= 11 is 11.3. The Morgan fingerprint density at radius 3 is 2.64 bits per heavy atom. The maximum atomic E-state index is 15.1. The van der Waals surface area contributed by atoms with Crippen LogP contribution < -0.4 is 24.8 Å². The molecule has 3 aromatic carbocycles. The fraction of sp³-hybridized carbons (Fsp3) is 0.281. The highest BCUT2D eigenvalue weighted by atomic mass is 35.5. The number of aliphatic hydroxyl groups is 1. The van der Waals surface area contributed by atoms with Crippen LogP contribution in [-0.2, 0) is 11.2 Å². The van der Waals surface area contributed by atoms with Crippen LogP contribution in [0.15, 0.2) is 66.9 Å². The number of likely N-dealkylation sites (tertiary alicyclic amines) is 1. The number of aromatic nitrogens is 1. The van der Waals surface area contributed by atoms with Crippen LogP contribution in [0.25, 0.3) is 10.9 Å². The number of nitrogens with one attached hydrogen (secondary N) is 2. The Kier molecular flexibility index (Phi) is 10.4. The second-order valence-electron chi connectivity index (χ2n) is 10.3. The van der Waals surface area contributed by atoms with Gasteiger partial charge in [-0.15, -0.1) is 0 Å². The molecule has 9 nitrogen and oxygen atoms in total. The van der Waals surface area contributed by atoms with Crippen molar-refractivity contribution in [2.45, 2.75) is 25.4 Å². The third kappa shape index (κ3) is 8.11. The van der Waals surface area contributed by atoms with Gasteiger partial charge in [-0.05, 0) is 74.0 Å². The van der Waals surface area contributed by atoms with E-state index in [0.29, 0.717) is 51.0 Å². The second kappa shape index (κ2) is 14.6. The van der Waals surface area contributed by atoms with Crippen LogP contribution in [0, 0.1) is 5.82 Å². The molecule has 12 heteroatoms. The number of hydrogen-bond acceptors (Lipinski definition) is 8. The predicted octanol–water partition coefficient (Wildman–Crippen LogP) is 5.72. The van der Waals surface area contributed by atoms with Gasteiger partial charge in [-0.25, -0.2) is 4.39 Å². The summed E-state index contributed by atoms with van der Waals surface area (Å²) in [4.78, 5) is 19.0. The molecule has 2 heterocycles. The van der Waals surface area contributed by atoms with Gasteiger partial charge in [0.1, 0.15) is 18.5 Å². The van der Waals surface area contributed by atoms with Crippen LogP contribution in [0.3, 0.4) is 0 Å². The number of rotatable bonds is 11. The fourth-order valence-electron chi connectivity index (χ4n) is 4.92. The number of carbonyl (C=O) groups excluding carboxylic acids is 1. The lowest BCUT2D eigenvalue weighted by Gasteiger charge is -2.20. The summed E-state index contributed by atoms with van der Waals surface area (Å²) in [5.74, 6) is 0.180. The average molecular weight is 639 g/mol. The number of hydrogen-bond donors (Lipinski definition) is 3. The van der Waals surface area contributed by atoms with Gasteiger partial charge in [0.05, 0.1) is 19.0 Å². The van der Waals surface area contributed by atoms with Crippen molar-refractivity contribution < 1.29 is 28.5 Å². The molecule has 4 aromatic rings. The smallest absolute Gasteiger partial charge is 0.230 e. The Balaban J connectivity index is 1.23. The third-order valence-electron chi connectivity index (χ3n) is 7.06. The zero-order valence-corrected chi connectivity index (χ0v) is 25.6. The minimum atomic E-state index is -0.649. The predicted molar refractivity (Wildman–Crippen MR) is 171 cm³/mol. The molecule has 230 valence electrons. The number of aliphatic hydroxyl groups excluding tert-OH is 1. The second-order valence-corrected chi connectivity index (χ2v) is 11.1. The molecular formula is C32H32ClFN4O5S. The largest absolute Gasteiger partial charge is 0.493 e. The summed E-state index contributed by atoms with van der Waals surface area (Å²) in [6.45, 7) is 2.63. The number of halogens is 2. The van der Waals surface area contributed by atoms with Gasteiger partial charge in [0.15, 0.2) is 28.2 Å². The minimum Gasteiger partial charge on any atom is -0.493 e. The van der Waals surface area contributed by atoms with Gasteiger partial charge >= 0.3 is 0 Å². The van der Waals surface area contributed by atoms with E-state index in [9.17, 15) is 9.90 Å². The molecule has 0 radical (unpaired) electrons. The monoisotopic (exact) mass is 638 g/mol. The van der Waals surface area contributed by atoms with Gasteiger partial charge in [0, 0.05) is 41.0 Å².